The summed E-state index contributed by atoms with van der Waals surface area (Å²) in [7, 11) is 0. The molecule has 2 heterocycles. The van der Waals surface area contributed by atoms with Crippen molar-refractivity contribution in [3.63, 3.8) is 0 Å². The lowest BCUT2D eigenvalue weighted by Gasteiger charge is -2.25. The van der Waals surface area contributed by atoms with Crippen molar-refractivity contribution in [1.29, 1.82) is 0 Å². The highest BCUT2D eigenvalue weighted by Gasteiger charge is 2.17. The van der Waals surface area contributed by atoms with Crippen LogP contribution in [0.4, 0.5) is 10.1 Å². The number of halogens is 1. The van der Waals surface area contributed by atoms with E-state index in [2.05, 4.69) is 34.4 Å². The van der Waals surface area contributed by atoms with Gasteiger partial charge in [0, 0.05) is 30.5 Å². The van der Waals surface area contributed by atoms with Crippen molar-refractivity contribution < 1.29 is 9.18 Å². The number of aromatic nitrogens is 2. The predicted molar refractivity (Wildman–Crippen MR) is 117 cm³/mol. The second-order valence-corrected chi connectivity index (χ2v) is 7.47. The fourth-order valence-electron chi connectivity index (χ4n) is 3.61. The number of aryl methyl sites for hydroxylation is 1. The van der Waals surface area contributed by atoms with E-state index >= 15 is 0 Å². The Bertz CT molecular complexity index is 1060. The predicted octanol–water partition coefficient (Wildman–Crippen LogP) is 4.30. The molecule has 0 aliphatic carbocycles. The van der Waals surface area contributed by atoms with Crippen LogP contribution >= 0.6 is 0 Å². The molecular formula is C24H25FN4O. The monoisotopic (exact) mass is 404 g/mol. The lowest BCUT2D eigenvalue weighted by molar-refractivity contribution is -0.117. The maximum Gasteiger partial charge on any atom is 0.238 e. The summed E-state index contributed by atoms with van der Waals surface area (Å²) in [4.78, 5) is 14.5. The minimum Gasteiger partial charge on any atom is -0.325 e. The summed E-state index contributed by atoms with van der Waals surface area (Å²) in [5, 5.41) is 7.39. The van der Waals surface area contributed by atoms with Gasteiger partial charge in [-0.05, 0) is 60.4 Å². The third-order valence-corrected chi connectivity index (χ3v) is 5.32. The Hall–Kier alpha value is -3.25. The topological polar surface area (TPSA) is 50.2 Å². The fourth-order valence-corrected chi connectivity index (χ4v) is 3.61. The molecule has 0 radical (unpaired) electrons. The van der Waals surface area contributed by atoms with Gasteiger partial charge < -0.3 is 5.32 Å². The molecule has 154 valence electrons. The van der Waals surface area contributed by atoms with Crippen molar-refractivity contribution in [2.24, 2.45) is 0 Å². The second-order valence-electron chi connectivity index (χ2n) is 7.47. The highest BCUT2D eigenvalue weighted by molar-refractivity contribution is 5.92. The Labute approximate surface area is 175 Å². The van der Waals surface area contributed by atoms with Crippen LogP contribution in [0.5, 0.6) is 0 Å². The molecule has 3 aromatic rings. The van der Waals surface area contributed by atoms with Gasteiger partial charge in [0.15, 0.2) is 0 Å². The highest BCUT2D eigenvalue weighted by Crippen LogP contribution is 2.23. The first kappa shape index (κ1) is 20.0. The van der Waals surface area contributed by atoms with Crippen molar-refractivity contribution in [1.82, 2.24) is 14.7 Å². The van der Waals surface area contributed by atoms with Crippen molar-refractivity contribution >= 4 is 17.2 Å². The number of nitrogens with zero attached hydrogens (tertiary/aromatic N) is 3. The second kappa shape index (κ2) is 9.05. The van der Waals surface area contributed by atoms with E-state index in [4.69, 9.17) is 0 Å². The number of rotatable bonds is 6. The van der Waals surface area contributed by atoms with Gasteiger partial charge in [-0.15, -0.1) is 0 Å². The summed E-state index contributed by atoms with van der Waals surface area (Å²) in [5.74, 6) is -0.257. The minimum atomic E-state index is -0.261. The van der Waals surface area contributed by atoms with E-state index in [1.165, 1.54) is 23.3 Å². The smallest absolute Gasteiger partial charge is 0.238 e. The third-order valence-electron chi connectivity index (χ3n) is 5.32. The molecule has 0 saturated heterocycles. The highest BCUT2D eigenvalue weighted by atomic mass is 19.1. The molecule has 6 heteroatoms. The van der Waals surface area contributed by atoms with Gasteiger partial charge in [-0.25, -0.2) is 9.07 Å². The van der Waals surface area contributed by atoms with Crippen LogP contribution in [0.2, 0.25) is 0 Å². The number of carbonyl (C=O) groups is 1. The third kappa shape index (κ3) is 4.83. The van der Waals surface area contributed by atoms with Gasteiger partial charge in [0.05, 0.1) is 18.4 Å². The Morgan fingerprint density at radius 3 is 2.77 bits per heavy atom. The number of hydrogen-bond donors (Lipinski definition) is 1. The molecule has 0 spiro atoms. The van der Waals surface area contributed by atoms with Gasteiger partial charge in [-0.1, -0.05) is 25.1 Å². The van der Waals surface area contributed by atoms with Crippen LogP contribution < -0.4 is 5.32 Å². The summed E-state index contributed by atoms with van der Waals surface area (Å²) < 4.78 is 14.9. The molecule has 0 unspecified atom stereocenters. The molecule has 0 saturated carbocycles. The van der Waals surface area contributed by atoms with Crippen molar-refractivity contribution in [3.8, 4) is 5.69 Å². The minimum absolute atomic E-state index is 0.00392. The average Bonchev–Trinajstić information content (AvgIpc) is 3.25. The molecule has 1 aromatic heterocycles. The zero-order chi connectivity index (χ0) is 20.9. The van der Waals surface area contributed by atoms with Crippen molar-refractivity contribution in [2.75, 3.05) is 25.0 Å². The first-order valence-electron chi connectivity index (χ1n) is 10.2. The van der Waals surface area contributed by atoms with Gasteiger partial charge in [-0.2, -0.15) is 5.10 Å². The first-order valence-corrected chi connectivity index (χ1v) is 10.2. The maximum atomic E-state index is 13.1. The standard InChI is InChI=1S/C24H25FN4O/c1-2-18-4-3-5-22(14-18)27-24(30)17-28-12-10-19(11-13-28)20-15-26-29(16-20)23-8-6-21(25)7-9-23/h3-10,14-16H,2,11-13,17H2,1H3,(H,27,30). The van der Waals surface area contributed by atoms with Crippen molar-refractivity contribution in [3.05, 3.63) is 83.9 Å². The summed E-state index contributed by atoms with van der Waals surface area (Å²) in [6.07, 6.45) is 7.75. The zero-order valence-corrected chi connectivity index (χ0v) is 17.0. The van der Waals surface area contributed by atoms with Crippen LogP contribution in [-0.4, -0.2) is 40.2 Å². The van der Waals surface area contributed by atoms with Crippen LogP contribution in [0.15, 0.2) is 67.0 Å². The van der Waals surface area contributed by atoms with Crippen LogP contribution in [0.1, 0.15) is 24.5 Å². The van der Waals surface area contributed by atoms with E-state index in [0.29, 0.717) is 6.54 Å². The molecule has 0 atom stereocenters. The first-order chi connectivity index (χ1) is 14.6. The quantitative estimate of drug-likeness (QED) is 0.666. The summed E-state index contributed by atoms with van der Waals surface area (Å²) in [5.41, 5.74) is 5.15. The number of anilines is 1. The van der Waals surface area contributed by atoms with Gasteiger partial charge in [0.2, 0.25) is 5.91 Å². The van der Waals surface area contributed by atoms with E-state index in [9.17, 15) is 9.18 Å². The lowest BCUT2D eigenvalue weighted by atomic mass is 10.0. The van der Waals surface area contributed by atoms with Gasteiger partial charge in [0.1, 0.15) is 5.82 Å². The molecular weight excluding hydrogens is 379 g/mol. The van der Waals surface area contributed by atoms with E-state index in [-0.39, 0.29) is 11.7 Å². The average molecular weight is 404 g/mol. The SMILES string of the molecule is CCc1cccc(NC(=O)CN2CC=C(c3cnn(-c4ccc(F)cc4)c3)CC2)c1. The number of amides is 1. The fraction of sp³-hybridized carbons (Fsp3) is 0.250. The van der Waals surface area contributed by atoms with Crippen LogP contribution in [0.3, 0.4) is 0 Å². The largest absolute Gasteiger partial charge is 0.325 e. The molecule has 2 aromatic carbocycles. The molecule has 1 aliphatic rings. The molecule has 1 amide bonds. The Kier molecular flexibility index (Phi) is 6.05. The van der Waals surface area contributed by atoms with Crippen LogP contribution in [-0.2, 0) is 11.2 Å². The molecule has 4 rings (SSSR count). The molecule has 30 heavy (non-hydrogen) atoms. The summed E-state index contributed by atoms with van der Waals surface area (Å²) in [6, 6.07) is 14.2. The molecule has 1 N–H and O–H groups in total. The summed E-state index contributed by atoms with van der Waals surface area (Å²) >= 11 is 0. The number of nitrogens with one attached hydrogen (secondary N) is 1. The normalized spacial score (nSPS) is 14.4. The van der Waals surface area contributed by atoms with Crippen LogP contribution in [0.25, 0.3) is 11.3 Å². The Morgan fingerprint density at radius 2 is 2.03 bits per heavy atom. The molecule has 1 aliphatic heterocycles. The number of benzene rings is 2. The lowest BCUT2D eigenvalue weighted by Crippen LogP contribution is -2.36. The van der Waals surface area contributed by atoms with Crippen LogP contribution in [0, 0.1) is 5.82 Å². The number of hydrogen-bond acceptors (Lipinski definition) is 3. The maximum absolute atomic E-state index is 13.1. The number of carbonyl (C=O) groups excluding carboxylic acids is 1. The van der Waals surface area contributed by atoms with E-state index < -0.39 is 0 Å². The molecule has 0 bridgehead atoms. The Balaban J connectivity index is 1.34. The van der Waals surface area contributed by atoms with E-state index in [0.717, 1.165) is 42.9 Å². The van der Waals surface area contributed by atoms with E-state index in [1.54, 1.807) is 16.8 Å². The Morgan fingerprint density at radius 1 is 1.20 bits per heavy atom. The van der Waals surface area contributed by atoms with E-state index in [1.807, 2.05) is 30.6 Å². The zero-order valence-electron chi connectivity index (χ0n) is 17.0. The van der Waals surface area contributed by atoms with Gasteiger partial charge in [-0.3, -0.25) is 9.69 Å². The summed E-state index contributed by atoms with van der Waals surface area (Å²) in [6.45, 7) is 4.01. The van der Waals surface area contributed by atoms with Gasteiger partial charge in [0.25, 0.3) is 0 Å². The van der Waals surface area contributed by atoms with Crippen molar-refractivity contribution in [2.45, 2.75) is 19.8 Å². The molecule has 0 fully saturated rings. The van der Waals surface area contributed by atoms with Gasteiger partial charge >= 0.3 is 0 Å². The molecule has 5 nitrogen and oxygen atoms in total.